The molecule has 0 bridgehead atoms. The molecule has 1 aliphatic carbocycles. The van der Waals surface area contributed by atoms with E-state index in [1.165, 1.54) is 23.1 Å². The highest BCUT2D eigenvalue weighted by atomic mass is 35.5. The van der Waals surface area contributed by atoms with Crippen LogP contribution in [0.2, 0.25) is 10.0 Å². The summed E-state index contributed by atoms with van der Waals surface area (Å²) < 4.78 is 0.606. The van der Waals surface area contributed by atoms with Gasteiger partial charge in [0.2, 0.25) is 5.13 Å². The molecule has 1 aromatic carbocycles. The van der Waals surface area contributed by atoms with Crippen LogP contribution in [0.4, 0.5) is 5.13 Å². The van der Waals surface area contributed by atoms with Crippen molar-refractivity contribution in [2.75, 3.05) is 10.7 Å². The number of thioether (sulfide) groups is 1. The molecule has 0 saturated carbocycles. The van der Waals surface area contributed by atoms with Gasteiger partial charge in [0.05, 0.1) is 29.4 Å². The van der Waals surface area contributed by atoms with Crippen LogP contribution in [0.1, 0.15) is 30.7 Å². The monoisotopic (exact) mass is 488 g/mol. The first-order valence-electron chi connectivity index (χ1n) is 9.20. The Labute approximate surface area is 196 Å². The second-order valence-corrected chi connectivity index (χ2v) is 9.80. The van der Waals surface area contributed by atoms with Crippen LogP contribution in [0.15, 0.2) is 45.2 Å². The molecule has 2 N–H and O–H groups in total. The molecule has 2 aromatic rings. The predicted molar refractivity (Wildman–Crippen MR) is 121 cm³/mol. The highest BCUT2D eigenvalue weighted by molar-refractivity contribution is 8.01. The van der Waals surface area contributed by atoms with Crippen molar-refractivity contribution in [2.24, 2.45) is 5.73 Å². The number of carbonyl (C=O) groups excluding carboxylic acids is 1. The van der Waals surface area contributed by atoms with Gasteiger partial charge >= 0.3 is 0 Å². The number of nitriles is 2. The maximum absolute atomic E-state index is 13.1. The molecule has 0 radical (unpaired) electrons. The van der Waals surface area contributed by atoms with Gasteiger partial charge < -0.3 is 5.73 Å². The third-order valence-electron chi connectivity index (χ3n) is 5.03. The normalized spacial score (nSPS) is 18.6. The Hall–Kier alpha value is -2.56. The summed E-state index contributed by atoms with van der Waals surface area (Å²) in [4.78, 5) is 14.7. The van der Waals surface area contributed by atoms with Gasteiger partial charge in [0.25, 0.3) is 0 Å². The van der Waals surface area contributed by atoms with Crippen LogP contribution >= 0.6 is 46.3 Å². The Morgan fingerprint density at radius 1 is 1.29 bits per heavy atom. The fourth-order valence-corrected chi connectivity index (χ4v) is 5.86. The quantitative estimate of drug-likeness (QED) is 0.611. The molecule has 0 fully saturated rings. The Balaban J connectivity index is 1.90. The maximum atomic E-state index is 13.1. The number of allylic oxidation sites excluding steroid dienone is 3. The largest absolute Gasteiger partial charge is 0.384 e. The molecule has 0 spiro atoms. The van der Waals surface area contributed by atoms with Gasteiger partial charge in [0.15, 0.2) is 10.1 Å². The minimum atomic E-state index is -0.672. The van der Waals surface area contributed by atoms with E-state index >= 15 is 0 Å². The molecule has 1 aromatic heterocycles. The van der Waals surface area contributed by atoms with Crippen LogP contribution in [0.25, 0.3) is 0 Å². The molecule has 0 amide bonds. The fraction of sp³-hybridized carbons (Fsp3) is 0.250. The summed E-state index contributed by atoms with van der Waals surface area (Å²) in [5, 5.41) is 28.4. The number of hydrogen-bond acceptors (Lipinski definition) is 9. The molecular weight excluding hydrogens is 475 g/mol. The van der Waals surface area contributed by atoms with Crippen molar-refractivity contribution in [3.05, 3.63) is 56.5 Å². The third kappa shape index (κ3) is 3.90. The Bertz CT molecular complexity index is 1220. The molecule has 1 aliphatic heterocycles. The highest BCUT2D eigenvalue weighted by Gasteiger charge is 2.41. The molecule has 156 valence electrons. The zero-order valence-electron chi connectivity index (χ0n) is 15.9. The van der Waals surface area contributed by atoms with E-state index in [1.807, 2.05) is 6.07 Å². The number of aromatic nitrogens is 2. The molecule has 2 aliphatic rings. The number of anilines is 1. The third-order valence-corrected chi connectivity index (χ3v) is 7.51. The zero-order chi connectivity index (χ0) is 22.1. The smallest absolute Gasteiger partial charge is 0.219 e. The number of halogens is 2. The molecule has 4 rings (SSSR count). The summed E-state index contributed by atoms with van der Waals surface area (Å²) in [7, 11) is 0. The Kier molecular flexibility index (Phi) is 6.22. The lowest BCUT2D eigenvalue weighted by atomic mass is 9.76. The van der Waals surface area contributed by atoms with Crippen molar-refractivity contribution < 1.29 is 4.79 Å². The van der Waals surface area contributed by atoms with Gasteiger partial charge in [0, 0.05) is 27.7 Å². The van der Waals surface area contributed by atoms with E-state index in [2.05, 4.69) is 16.3 Å². The van der Waals surface area contributed by atoms with E-state index in [0.717, 1.165) is 0 Å². The van der Waals surface area contributed by atoms with Crippen LogP contribution in [-0.4, -0.2) is 21.7 Å². The second-order valence-electron chi connectivity index (χ2n) is 6.78. The number of rotatable bonds is 4. The van der Waals surface area contributed by atoms with Crippen molar-refractivity contribution in [3.63, 3.8) is 0 Å². The zero-order valence-corrected chi connectivity index (χ0v) is 19.1. The lowest BCUT2D eigenvalue weighted by Gasteiger charge is -2.38. The van der Waals surface area contributed by atoms with E-state index < -0.39 is 5.92 Å². The number of ketones is 1. The number of hydrogen-bond donors (Lipinski definition) is 1. The van der Waals surface area contributed by atoms with Gasteiger partial charge in [-0.2, -0.15) is 10.5 Å². The predicted octanol–water partition coefficient (Wildman–Crippen LogP) is 4.77. The summed E-state index contributed by atoms with van der Waals surface area (Å²) in [5.41, 5.74) is 8.52. The first-order chi connectivity index (χ1) is 15.0. The molecular formula is C20H14Cl2N6OS2. The standard InChI is InChI=1S/C20H14Cl2N6OS2/c21-10-4-5-11(13(22)8-10)16-12(9-24)18(25)28(14-2-1-3-15(29)17(14)16)19-26-27-20(31-19)30-7-6-23/h4-5,8,16H,1-3,7,25H2. The van der Waals surface area contributed by atoms with Gasteiger partial charge in [-0.05, 0) is 30.5 Å². The molecule has 7 nitrogen and oxygen atoms in total. The fourth-order valence-electron chi connectivity index (χ4n) is 3.80. The second kappa shape index (κ2) is 8.89. The molecule has 2 heterocycles. The minimum absolute atomic E-state index is 0.0499. The van der Waals surface area contributed by atoms with Crippen LogP contribution in [0.5, 0.6) is 0 Å². The number of nitrogens with zero attached hydrogens (tertiary/aromatic N) is 5. The van der Waals surface area contributed by atoms with Crippen molar-refractivity contribution in [1.82, 2.24) is 10.2 Å². The first-order valence-corrected chi connectivity index (χ1v) is 11.8. The van der Waals surface area contributed by atoms with Crippen LogP contribution in [0, 0.1) is 22.7 Å². The SMILES string of the molecule is N#CCSc1nnc(N2C(N)=C(C#N)C(c3ccc(Cl)cc3Cl)C3=C2CCCC3=O)s1. The van der Waals surface area contributed by atoms with Crippen molar-refractivity contribution in [2.45, 2.75) is 29.5 Å². The van der Waals surface area contributed by atoms with E-state index in [9.17, 15) is 10.1 Å². The lowest BCUT2D eigenvalue weighted by molar-refractivity contribution is -0.116. The minimum Gasteiger partial charge on any atom is -0.384 e. The van der Waals surface area contributed by atoms with Gasteiger partial charge in [-0.3, -0.25) is 9.69 Å². The summed E-state index contributed by atoms with van der Waals surface area (Å²) in [6.45, 7) is 0. The highest BCUT2D eigenvalue weighted by Crippen LogP contribution is 2.48. The number of carbonyl (C=O) groups is 1. The van der Waals surface area contributed by atoms with Crippen molar-refractivity contribution >= 4 is 57.2 Å². The number of benzene rings is 1. The molecule has 31 heavy (non-hydrogen) atoms. The van der Waals surface area contributed by atoms with Gasteiger partial charge in [-0.15, -0.1) is 10.2 Å². The van der Waals surface area contributed by atoms with Crippen LogP contribution in [0.3, 0.4) is 0 Å². The van der Waals surface area contributed by atoms with E-state index in [4.69, 9.17) is 34.2 Å². The molecule has 1 unspecified atom stereocenters. The van der Waals surface area contributed by atoms with Gasteiger partial charge in [-0.25, -0.2) is 0 Å². The lowest BCUT2D eigenvalue weighted by Crippen LogP contribution is -2.38. The summed E-state index contributed by atoms with van der Waals surface area (Å²) in [6.07, 6.45) is 1.65. The first kappa shape index (κ1) is 21.7. The summed E-state index contributed by atoms with van der Waals surface area (Å²) in [5.74, 6) is -0.285. The topological polar surface area (TPSA) is 120 Å². The van der Waals surface area contributed by atoms with E-state index in [0.29, 0.717) is 55.6 Å². The average molecular weight is 489 g/mol. The number of Topliss-reactive ketones (excluding diaryl/α,β-unsaturated/α-hetero) is 1. The summed E-state index contributed by atoms with van der Waals surface area (Å²) >= 11 is 15.0. The Morgan fingerprint density at radius 3 is 2.81 bits per heavy atom. The average Bonchev–Trinajstić information content (AvgIpc) is 3.20. The van der Waals surface area contributed by atoms with E-state index in [-0.39, 0.29) is 22.9 Å². The van der Waals surface area contributed by atoms with Crippen molar-refractivity contribution in [1.29, 1.82) is 10.5 Å². The van der Waals surface area contributed by atoms with Crippen LogP contribution in [-0.2, 0) is 4.79 Å². The summed E-state index contributed by atoms with van der Waals surface area (Å²) in [6, 6.07) is 9.23. The molecule has 11 heteroatoms. The molecule has 0 saturated heterocycles. The number of nitrogens with two attached hydrogens (primary N) is 1. The van der Waals surface area contributed by atoms with Gasteiger partial charge in [0.1, 0.15) is 5.82 Å². The van der Waals surface area contributed by atoms with Crippen molar-refractivity contribution in [3.8, 4) is 12.1 Å². The van der Waals surface area contributed by atoms with Crippen LogP contribution < -0.4 is 10.6 Å². The maximum Gasteiger partial charge on any atom is 0.219 e. The van der Waals surface area contributed by atoms with E-state index in [1.54, 1.807) is 23.1 Å². The molecule has 1 atom stereocenters. The Morgan fingerprint density at radius 2 is 2.10 bits per heavy atom. The van der Waals surface area contributed by atoms with Gasteiger partial charge in [-0.1, -0.05) is 52.4 Å².